The molecule has 0 atom stereocenters. The molecule has 0 bridgehead atoms. The zero-order valence-electron chi connectivity index (χ0n) is 12.7. The van der Waals surface area contributed by atoms with E-state index >= 15 is 0 Å². The Bertz CT molecular complexity index is 807. The van der Waals surface area contributed by atoms with Crippen molar-refractivity contribution in [3.63, 3.8) is 0 Å². The Morgan fingerprint density at radius 1 is 1.33 bits per heavy atom. The van der Waals surface area contributed by atoms with Crippen LogP contribution >= 0.6 is 23.2 Å². The van der Waals surface area contributed by atoms with Crippen LogP contribution in [0.5, 0.6) is 0 Å². The number of halogens is 2. The molecule has 126 valence electrons. The molecule has 1 heterocycles. The fourth-order valence-corrected chi connectivity index (χ4v) is 3.07. The highest BCUT2D eigenvalue weighted by Crippen LogP contribution is 2.45. The van der Waals surface area contributed by atoms with Crippen LogP contribution in [0.15, 0.2) is 22.7 Å². The molecular weight excluding hydrogens is 355 g/mol. The Kier molecular flexibility index (Phi) is 4.27. The van der Waals surface area contributed by atoms with Crippen molar-refractivity contribution in [3.05, 3.63) is 39.6 Å². The number of amides is 1. The smallest absolute Gasteiger partial charge is 0.311 e. The van der Waals surface area contributed by atoms with Gasteiger partial charge in [-0.15, -0.1) is 0 Å². The maximum Gasteiger partial charge on any atom is 0.311 e. The predicted octanol–water partition coefficient (Wildman–Crippen LogP) is 3.55. The summed E-state index contributed by atoms with van der Waals surface area (Å²) in [5.74, 6) is -1.06. The van der Waals surface area contributed by atoms with E-state index in [2.05, 4.69) is 10.5 Å². The van der Waals surface area contributed by atoms with Crippen LogP contribution in [0.1, 0.15) is 29.0 Å². The van der Waals surface area contributed by atoms with Crippen LogP contribution in [0.2, 0.25) is 10.0 Å². The summed E-state index contributed by atoms with van der Waals surface area (Å²) in [7, 11) is 0. The van der Waals surface area contributed by atoms with Crippen LogP contribution in [-0.2, 0) is 4.79 Å². The lowest BCUT2D eigenvalue weighted by molar-refractivity contribution is -0.143. The summed E-state index contributed by atoms with van der Waals surface area (Å²) in [4.78, 5) is 23.8. The maximum atomic E-state index is 12.6. The summed E-state index contributed by atoms with van der Waals surface area (Å²) < 4.78 is 5.13. The van der Waals surface area contributed by atoms with E-state index in [9.17, 15) is 14.7 Å². The average Bonchev–Trinajstić information content (AvgIpc) is 3.23. The second-order valence-corrected chi connectivity index (χ2v) is 6.64. The van der Waals surface area contributed by atoms with Crippen LogP contribution < -0.4 is 5.32 Å². The van der Waals surface area contributed by atoms with E-state index in [0.717, 1.165) is 0 Å². The van der Waals surface area contributed by atoms with Crippen molar-refractivity contribution in [2.24, 2.45) is 5.41 Å². The van der Waals surface area contributed by atoms with Gasteiger partial charge in [0.2, 0.25) is 0 Å². The maximum absolute atomic E-state index is 12.6. The molecule has 1 aliphatic rings. The van der Waals surface area contributed by atoms with Crippen LogP contribution in [0.4, 0.5) is 0 Å². The molecular formula is C16H14Cl2N2O4. The number of aryl methyl sites for hydroxylation is 1. The van der Waals surface area contributed by atoms with Gasteiger partial charge in [0.15, 0.2) is 0 Å². The monoisotopic (exact) mass is 368 g/mol. The quantitative estimate of drug-likeness (QED) is 0.841. The van der Waals surface area contributed by atoms with Gasteiger partial charge in [0.25, 0.3) is 5.91 Å². The van der Waals surface area contributed by atoms with Crippen molar-refractivity contribution in [2.75, 3.05) is 6.54 Å². The number of aromatic nitrogens is 1. The summed E-state index contributed by atoms with van der Waals surface area (Å²) in [6.45, 7) is 1.65. The van der Waals surface area contributed by atoms with Gasteiger partial charge in [0, 0.05) is 12.1 Å². The molecule has 3 rings (SSSR count). The van der Waals surface area contributed by atoms with Crippen LogP contribution in [0.25, 0.3) is 11.3 Å². The van der Waals surface area contributed by atoms with Gasteiger partial charge in [0.1, 0.15) is 17.0 Å². The van der Waals surface area contributed by atoms with E-state index < -0.39 is 17.3 Å². The second-order valence-electron chi connectivity index (χ2n) is 5.83. The molecule has 1 amide bonds. The third kappa shape index (κ3) is 2.87. The highest BCUT2D eigenvalue weighted by molar-refractivity contribution is 6.39. The summed E-state index contributed by atoms with van der Waals surface area (Å²) in [6, 6.07) is 4.96. The van der Waals surface area contributed by atoms with Crippen LogP contribution in [0.3, 0.4) is 0 Å². The molecule has 8 heteroatoms. The first kappa shape index (κ1) is 16.8. The van der Waals surface area contributed by atoms with Gasteiger partial charge in [-0.1, -0.05) is 34.4 Å². The van der Waals surface area contributed by atoms with E-state index in [4.69, 9.17) is 27.7 Å². The zero-order chi connectivity index (χ0) is 17.5. The number of carboxylic acids is 1. The molecule has 0 aliphatic heterocycles. The van der Waals surface area contributed by atoms with Crippen molar-refractivity contribution in [1.29, 1.82) is 0 Å². The van der Waals surface area contributed by atoms with Gasteiger partial charge in [-0.05, 0) is 31.9 Å². The standard InChI is InChI=1S/C16H14Cl2N2O4/c1-8-11(14(21)19-7-16(5-6-16)15(22)23)13(20-24-8)12-9(17)3-2-4-10(12)18/h2-4H,5-7H2,1H3,(H,19,21)(H,22,23). The number of carboxylic acid groups (broad SMARTS) is 1. The summed E-state index contributed by atoms with van der Waals surface area (Å²) in [5, 5.41) is 16.4. The van der Waals surface area contributed by atoms with E-state index in [1.54, 1.807) is 25.1 Å². The highest BCUT2D eigenvalue weighted by Gasteiger charge is 2.50. The first-order valence-corrected chi connectivity index (χ1v) is 8.03. The van der Waals surface area contributed by atoms with Gasteiger partial charge in [-0.3, -0.25) is 9.59 Å². The lowest BCUT2D eigenvalue weighted by Crippen LogP contribution is -2.34. The fraction of sp³-hybridized carbons (Fsp3) is 0.312. The van der Waals surface area contributed by atoms with Crippen molar-refractivity contribution in [2.45, 2.75) is 19.8 Å². The Balaban J connectivity index is 1.91. The van der Waals surface area contributed by atoms with Crippen molar-refractivity contribution >= 4 is 35.1 Å². The molecule has 0 saturated heterocycles. The molecule has 2 N–H and O–H groups in total. The van der Waals surface area contributed by atoms with Crippen LogP contribution in [-0.4, -0.2) is 28.7 Å². The van der Waals surface area contributed by atoms with E-state index in [1.807, 2.05) is 0 Å². The Morgan fingerprint density at radius 3 is 2.50 bits per heavy atom. The Labute approximate surface area is 147 Å². The molecule has 24 heavy (non-hydrogen) atoms. The van der Waals surface area contributed by atoms with Crippen molar-refractivity contribution in [3.8, 4) is 11.3 Å². The molecule has 0 spiro atoms. The Hall–Kier alpha value is -2.05. The minimum Gasteiger partial charge on any atom is -0.481 e. The highest BCUT2D eigenvalue weighted by atomic mass is 35.5. The average molecular weight is 369 g/mol. The predicted molar refractivity (Wildman–Crippen MR) is 88.3 cm³/mol. The second kappa shape index (κ2) is 6.11. The van der Waals surface area contributed by atoms with E-state index in [0.29, 0.717) is 34.2 Å². The molecule has 2 aromatic rings. The largest absolute Gasteiger partial charge is 0.481 e. The van der Waals surface area contributed by atoms with Crippen molar-refractivity contribution < 1.29 is 19.2 Å². The normalized spacial score (nSPS) is 15.1. The van der Waals surface area contributed by atoms with E-state index in [-0.39, 0.29) is 17.8 Å². The van der Waals surface area contributed by atoms with Gasteiger partial charge >= 0.3 is 5.97 Å². The topological polar surface area (TPSA) is 92.4 Å². The number of carbonyl (C=O) groups excluding carboxylic acids is 1. The number of rotatable bonds is 5. The SMILES string of the molecule is Cc1onc(-c2c(Cl)cccc2Cl)c1C(=O)NCC1(C(=O)O)CC1. The molecule has 1 aromatic heterocycles. The third-order valence-electron chi connectivity index (χ3n) is 4.18. The molecule has 6 nitrogen and oxygen atoms in total. The third-order valence-corrected chi connectivity index (χ3v) is 4.81. The van der Waals surface area contributed by atoms with Gasteiger partial charge in [-0.25, -0.2) is 0 Å². The fourth-order valence-electron chi connectivity index (χ4n) is 2.49. The van der Waals surface area contributed by atoms with Crippen LogP contribution in [0, 0.1) is 12.3 Å². The zero-order valence-corrected chi connectivity index (χ0v) is 14.2. The Morgan fingerprint density at radius 2 is 1.96 bits per heavy atom. The minimum absolute atomic E-state index is 0.0570. The molecule has 1 saturated carbocycles. The van der Waals surface area contributed by atoms with Crippen molar-refractivity contribution in [1.82, 2.24) is 10.5 Å². The molecule has 1 fully saturated rings. The first-order chi connectivity index (χ1) is 11.4. The number of hydrogen-bond donors (Lipinski definition) is 2. The first-order valence-electron chi connectivity index (χ1n) is 7.28. The number of benzene rings is 1. The number of nitrogens with zero attached hydrogens (tertiary/aromatic N) is 1. The molecule has 1 aromatic carbocycles. The lowest BCUT2D eigenvalue weighted by atomic mass is 10.0. The number of nitrogens with one attached hydrogen (secondary N) is 1. The lowest BCUT2D eigenvalue weighted by Gasteiger charge is -2.11. The number of aliphatic carboxylic acids is 1. The van der Waals surface area contributed by atoms with Gasteiger partial charge in [0.05, 0.1) is 15.5 Å². The van der Waals surface area contributed by atoms with E-state index in [1.165, 1.54) is 0 Å². The minimum atomic E-state index is -0.904. The van der Waals surface area contributed by atoms with Gasteiger partial charge < -0.3 is 14.9 Å². The number of hydrogen-bond acceptors (Lipinski definition) is 4. The molecule has 1 aliphatic carbocycles. The summed E-state index contributed by atoms with van der Waals surface area (Å²) in [6.07, 6.45) is 1.10. The molecule has 0 unspecified atom stereocenters. The number of carbonyl (C=O) groups is 2. The van der Waals surface area contributed by atoms with Gasteiger partial charge in [-0.2, -0.15) is 0 Å². The molecule has 0 radical (unpaired) electrons. The summed E-state index contributed by atoms with van der Waals surface area (Å²) in [5.41, 5.74) is -0.0164. The summed E-state index contributed by atoms with van der Waals surface area (Å²) >= 11 is 12.4.